The van der Waals surface area contributed by atoms with Gasteiger partial charge in [-0.15, -0.1) is 0 Å². The molecule has 0 bridgehead atoms. The fourth-order valence-corrected chi connectivity index (χ4v) is 4.22. The summed E-state index contributed by atoms with van der Waals surface area (Å²) in [5.74, 6) is 0.150. The van der Waals surface area contributed by atoms with E-state index >= 15 is 0 Å². The Balaban J connectivity index is 1.38. The number of nitriles is 1. The van der Waals surface area contributed by atoms with Gasteiger partial charge < -0.3 is 25.7 Å². The van der Waals surface area contributed by atoms with Crippen LogP contribution in [0.4, 0.5) is 5.69 Å². The molecule has 3 heterocycles. The molecule has 1 aromatic carbocycles. The van der Waals surface area contributed by atoms with Crippen molar-refractivity contribution in [1.29, 1.82) is 10.7 Å². The number of aromatic nitrogens is 2. The summed E-state index contributed by atoms with van der Waals surface area (Å²) < 4.78 is 7.04. The number of rotatable bonds is 8. The van der Waals surface area contributed by atoms with Crippen LogP contribution in [0.3, 0.4) is 0 Å². The van der Waals surface area contributed by atoms with Gasteiger partial charge in [0.2, 0.25) is 5.91 Å². The SMILES string of the molecule is C=CC(=O)Nc1ccc(C(=O)N2CCC(N/C=C(\C=N)c3cc(OC)c4c(C#N)cnn4c3)CC2)cc1. The third-order valence-electron chi connectivity index (χ3n) is 6.25. The van der Waals surface area contributed by atoms with Gasteiger partial charge in [-0.1, -0.05) is 6.58 Å². The minimum absolute atomic E-state index is 0.0490. The molecule has 0 aliphatic carbocycles. The van der Waals surface area contributed by atoms with Crippen molar-refractivity contribution in [2.24, 2.45) is 0 Å². The van der Waals surface area contributed by atoms with Crippen LogP contribution in [-0.4, -0.2) is 58.8 Å². The van der Waals surface area contributed by atoms with Gasteiger partial charge >= 0.3 is 0 Å². The largest absolute Gasteiger partial charge is 0.494 e. The number of allylic oxidation sites excluding steroid dienone is 1. The first-order valence-corrected chi connectivity index (χ1v) is 11.7. The summed E-state index contributed by atoms with van der Waals surface area (Å²) >= 11 is 0. The van der Waals surface area contributed by atoms with Gasteiger partial charge in [-0.2, -0.15) is 10.4 Å². The number of carbonyl (C=O) groups is 2. The van der Waals surface area contributed by atoms with Gasteiger partial charge in [0.05, 0.1) is 13.3 Å². The lowest BCUT2D eigenvalue weighted by Crippen LogP contribution is -2.43. The zero-order valence-electron chi connectivity index (χ0n) is 20.4. The first kappa shape index (κ1) is 25.2. The van der Waals surface area contributed by atoms with E-state index in [2.05, 4.69) is 28.4 Å². The van der Waals surface area contributed by atoms with Gasteiger partial charge in [0.1, 0.15) is 22.9 Å². The molecule has 10 heteroatoms. The van der Waals surface area contributed by atoms with E-state index in [1.54, 1.807) is 47.2 Å². The van der Waals surface area contributed by atoms with E-state index < -0.39 is 0 Å². The number of hydrogen-bond acceptors (Lipinski definition) is 7. The summed E-state index contributed by atoms with van der Waals surface area (Å²) in [6.07, 6.45) is 8.99. The molecule has 3 aromatic rings. The third kappa shape index (κ3) is 5.51. The number of hydrogen-bond donors (Lipinski definition) is 3. The molecule has 0 spiro atoms. The van der Waals surface area contributed by atoms with E-state index in [0.717, 1.165) is 18.4 Å². The van der Waals surface area contributed by atoms with Crippen LogP contribution >= 0.6 is 0 Å². The predicted octanol–water partition coefficient (Wildman–Crippen LogP) is 3.22. The standard InChI is InChI=1S/C27H27N7O3/c1-3-25(35)32-23-6-4-18(5-7-23)27(36)33-10-8-22(9-11-33)30-15-20(13-28)19-12-24(37-2)26-21(14-29)16-31-34(26)17-19/h3-7,12-13,15-17,22,28,30H,1,8-11H2,2H3,(H,32,35)/b20-15+,28-13?. The Bertz CT molecular complexity index is 1410. The highest BCUT2D eigenvalue weighted by Crippen LogP contribution is 2.27. The summed E-state index contributed by atoms with van der Waals surface area (Å²) in [5, 5.41) is 27.5. The van der Waals surface area contributed by atoms with Crippen molar-refractivity contribution in [2.45, 2.75) is 18.9 Å². The molecule has 3 N–H and O–H groups in total. The molecule has 188 valence electrons. The summed E-state index contributed by atoms with van der Waals surface area (Å²) in [7, 11) is 1.53. The Morgan fingerprint density at radius 3 is 2.59 bits per heavy atom. The van der Waals surface area contributed by atoms with E-state index in [4.69, 9.17) is 10.1 Å². The first-order chi connectivity index (χ1) is 18.0. The second kappa shape index (κ2) is 11.2. The van der Waals surface area contributed by atoms with Crippen LogP contribution < -0.4 is 15.4 Å². The first-order valence-electron chi connectivity index (χ1n) is 11.7. The molecule has 0 saturated carbocycles. The van der Waals surface area contributed by atoms with E-state index in [9.17, 15) is 14.9 Å². The molecular weight excluding hydrogens is 470 g/mol. The van der Waals surface area contributed by atoms with Crippen LogP contribution in [-0.2, 0) is 4.79 Å². The van der Waals surface area contributed by atoms with E-state index in [-0.39, 0.29) is 17.9 Å². The summed E-state index contributed by atoms with van der Waals surface area (Å²) in [6.45, 7) is 4.62. The predicted molar refractivity (Wildman–Crippen MR) is 141 cm³/mol. The minimum Gasteiger partial charge on any atom is -0.494 e. The number of ether oxygens (including phenoxy) is 1. The van der Waals surface area contributed by atoms with Gasteiger partial charge in [-0.05, 0) is 49.2 Å². The molecule has 0 radical (unpaired) electrons. The van der Waals surface area contributed by atoms with Crippen LogP contribution in [0.1, 0.15) is 34.3 Å². The van der Waals surface area contributed by atoms with Crippen molar-refractivity contribution >= 4 is 34.8 Å². The molecule has 37 heavy (non-hydrogen) atoms. The molecule has 4 rings (SSSR count). The van der Waals surface area contributed by atoms with Crippen LogP contribution in [0.5, 0.6) is 5.75 Å². The fraction of sp³-hybridized carbons (Fsp3) is 0.222. The van der Waals surface area contributed by atoms with Crippen LogP contribution in [0, 0.1) is 16.7 Å². The Morgan fingerprint density at radius 2 is 1.97 bits per heavy atom. The zero-order valence-corrected chi connectivity index (χ0v) is 20.4. The third-order valence-corrected chi connectivity index (χ3v) is 6.25. The number of fused-ring (bicyclic) bond motifs is 1. The Labute approximate surface area is 214 Å². The Kier molecular flexibility index (Phi) is 7.64. The summed E-state index contributed by atoms with van der Waals surface area (Å²) in [4.78, 5) is 26.1. The molecule has 1 aliphatic heterocycles. The zero-order chi connectivity index (χ0) is 26.4. The van der Waals surface area contributed by atoms with Crippen LogP contribution in [0.25, 0.3) is 11.1 Å². The number of anilines is 1. The van der Waals surface area contributed by atoms with Gasteiger partial charge in [0.15, 0.2) is 0 Å². The number of methoxy groups -OCH3 is 1. The Hall–Kier alpha value is -4.91. The molecule has 0 atom stereocenters. The van der Waals surface area contributed by atoms with Crippen molar-refractivity contribution in [1.82, 2.24) is 19.8 Å². The van der Waals surface area contributed by atoms with E-state index in [0.29, 0.717) is 46.7 Å². The molecule has 1 fully saturated rings. The van der Waals surface area contributed by atoms with Crippen molar-refractivity contribution < 1.29 is 14.3 Å². The maximum atomic E-state index is 12.9. The minimum atomic E-state index is -0.303. The average Bonchev–Trinajstić information content (AvgIpc) is 3.36. The number of likely N-dealkylation sites (tertiary alicyclic amines) is 1. The smallest absolute Gasteiger partial charge is 0.253 e. The second-order valence-corrected chi connectivity index (χ2v) is 8.51. The molecule has 1 aliphatic rings. The fourth-order valence-electron chi connectivity index (χ4n) is 4.22. The molecular formula is C27H27N7O3. The lowest BCUT2D eigenvalue weighted by Gasteiger charge is -2.32. The van der Waals surface area contributed by atoms with Crippen LogP contribution in [0.2, 0.25) is 0 Å². The number of carbonyl (C=O) groups excluding carboxylic acids is 2. The summed E-state index contributed by atoms with van der Waals surface area (Å²) in [6, 6.07) is 10.8. The molecule has 2 aromatic heterocycles. The van der Waals surface area contributed by atoms with Crippen molar-refractivity contribution in [2.75, 3.05) is 25.5 Å². The van der Waals surface area contributed by atoms with Gasteiger partial charge in [-0.25, -0.2) is 4.52 Å². The highest BCUT2D eigenvalue weighted by atomic mass is 16.5. The number of nitrogens with one attached hydrogen (secondary N) is 3. The van der Waals surface area contributed by atoms with Crippen molar-refractivity contribution in [3.05, 3.63) is 78.3 Å². The maximum Gasteiger partial charge on any atom is 0.253 e. The second-order valence-electron chi connectivity index (χ2n) is 8.51. The van der Waals surface area contributed by atoms with Gasteiger partial charge in [0, 0.05) is 60.1 Å². The number of amides is 2. The average molecular weight is 498 g/mol. The van der Waals surface area contributed by atoms with Crippen molar-refractivity contribution in [3.63, 3.8) is 0 Å². The highest BCUT2D eigenvalue weighted by Gasteiger charge is 2.23. The number of piperidine rings is 1. The molecule has 0 unspecified atom stereocenters. The van der Waals surface area contributed by atoms with E-state index in [1.165, 1.54) is 25.6 Å². The molecule has 2 amide bonds. The topological polar surface area (TPSA) is 136 Å². The normalized spacial score (nSPS) is 14.1. The highest BCUT2D eigenvalue weighted by molar-refractivity contribution is 6.08. The van der Waals surface area contributed by atoms with Gasteiger partial charge in [0.25, 0.3) is 5.91 Å². The molecule has 1 saturated heterocycles. The summed E-state index contributed by atoms with van der Waals surface area (Å²) in [5.41, 5.74) is 3.53. The lowest BCUT2D eigenvalue weighted by atomic mass is 10.0. The molecule has 10 nitrogen and oxygen atoms in total. The Morgan fingerprint density at radius 1 is 1.24 bits per heavy atom. The van der Waals surface area contributed by atoms with Crippen LogP contribution in [0.15, 0.2) is 61.6 Å². The number of nitrogens with zero attached hydrogens (tertiary/aromatic N) is 4. The lowest BCUT2D eigenvalue weighted by molar-refractivity contribution is -0.111. The monoisotopic (exact) mass is 497 g/mol. The maximum absolute atomic E-state index is 12.9. The number of pyridine rings is 1. The quantitative estimate of drug-likeness (QED) is 0.323. The number of benzene rings is 1. The van der Waals surface area contributed by atoms with Crippen molar-refractivity contribution in [3.8, 4) is 11.8 Å². The van der Waals surface area contributed by atoms with E-state index in [1.807, 2.05) is 4.90 Å². The van der Waals surface area contributed by atoms with Gasteiger partial charge in [-0.3, -0.25) is 9.59 Å².